The number of ether oxygens (including phenoxy) is 4. The number of piperidine rings is 2. The van der Waals surface area contributed by atoms with Crippen molar-refractivity contribution < 1.29 is 23.7 Å². The van der Waals surface area contributed by atoms with Crippen LogP contribution in [0.25, 0.3) is 0 Å². The van der Waals surface area contributed by atoms with Crippen molar-refractivity contribution in [3.05, 3.63) is 58.7 Å². The van der Waals surface area contributed by atoms with E-state index in [1.807, 2.05) is 27.7 Å². The summed E-state index contributed by atoms with van der Waals surface area (Å²) in [4.78, 5) is 13.4. The summed E-state index contributed by atoms with van der Waals surface area (Å²) in [5, 5.41) is 7.65. The molecule has 2 heterocycles. The topological polar surface area (TPSA) is 78.1 Å². The lowest BCUT2D eigenvalue weighted by Crippen LogP contribution is -2.59. The van der Waals surface area contributed by atoms with Crippen LogP contribution in [0, 0.1) is 23.7 Å². The molecule has 0 aromatic heterocycles. The van der Waals surface area contributed by atoms with Crippen molar-refractivity contribution >= 4 is 6.16 Å². The van der Waals surface area contributed by atoms with Gasteiger partial charge in [-0.15, -0.1) is 0 Å². The third-order valence-corrected chi connectivity index (χ3v) is 13.3. The van der Waals surface area contributed by atoms with E-state index >= 15 is 0 Å². The van der Waals surface area contributed by atoms with E-state index in [0.717, 1.165) is 37.4 Å². The Morgan fingerprint density at radius 1 is 0.667 bits per heavy atom. The van der Waals surface area contributed by atoms with Gasteiger partial charge in [-0.25, -0.2) is 4.79 Å². The van der Waals surface area contributed by atoms with Gasteiger partial charge in [0, 0.05) is 34.7 Å². The molecule has 2 saturated heterocycles. The quantitative estimate of drug-likeness (QED) is 0.221. The Labute approximate surface area is 287 Å². The van der Waals surface area contributed by atoms with Crippen LogP contribution in [-0.2, 0) is 33.1 Å². The molecule has 4 aliphatic carbocycles. The molecule has 48 heavy (non-hydrogen) atoms. The highest BCUT2D eigenvalue weighted by Gasteiger charge is 2.53. The molecular weight excluding hydrogens is 600 g/mol. The molecule has 6 aliphatic rings. The highest BCUT2D eigenvalue weighted by Crippen LogP contribution is 2.55. The molecule has 260 valence electrons. The predicted octanol–water partition coefficient (Wildman–Crippen LogP) is 7.95. The van der Waals surface area contributed by atoms with E-state index in [0.29, 0.717) is 23.9 Å². The van der Waals surface area contributed by atoms with Crippen molar-refractivity contribution in [3.63, 3.8) is 0 Å². The van der Waals surface area contributed by atoms with Gasteiger partial charge in [-0.1, -0.05) is 65.5 Å². The Morgan fingerprint density at radius 2 is 1.12 bits per heavy atom. The van der Waals surface area contributed by atoms with Crippen molar-refractivity contribution in [3.8, 4) is 11.5 Å². The summed E-state index contributed by atoms with van der Waals surface area (Å²) in [5.41, 5.74) is 6.28. The normalized spacial score (nSPS) is 33.0. The number of hydrogen-bond donors (Lipinski definition) is 2. The molecule has 0 amide bonds. The number of hydrogen-bond acceptors (Lipinski definition) is 7. The maximum atomic E-state index is 13.4. The number of fused-ring (bicyclic) bond motifs is 2. The molecule has 2 N–H and O–H groups in total. The van der Waals surface area contributed by atoms with Crippen molar-refractivity contribution in [2.75, 3.05) is 13.1 Å². The minimum absolute atomic E-state index is 0.0620. The third kappa shape index (κ3) is 5.61. The first kappa shape index (κ1) is 32.4. The second-order valence-electron chi connectivity index (χ2n) is 16.6. The lowest BCUT2D eigenvalue weighted by Gasteiger charge is -2.56. The lowest BCUT2D eigenvalue weighted by atomic mass is 9.53. The molecule has 2 aromatic rings. The Morgan fingerprint density at radius 3 is 1.56 bits per heavy atom. The van der Waals surface area contributed by atoms with Gasteiger partial charge in [-0.3, -0.25) is 0 Å². The standard InChI is InChI=1S/C41H56N2O5/c1-25(2)37(45-29-13-11-27-21-35-31-9-5-7-15-40(31,17-19-42-35)33(27)23-29)47-39(44)48-38(26(3)4)46-30-14-12-28-22-36-32-10-6-8-16-41(32,18-20-43-36)34(28)24-30/h11-14,23-26,31-32,35-38,42-43H,5-10,15-22H2,1-4H3/t31-,32-,35-,36-,37?,38?,40-,41-/m1/s1. The molecule has 2 aliphatic heterocycles. The molecular formula is C41H56N2O5. The molecule has 8 atom stereocenters. The smallest absolute Gasteiger partial charge is 0.454 e. The van der Waals surface area contributed by atoms with Crippen LogP contribution in [0.1, 0.15) is 114 Å². The minimum atomic E-state index is -0.772. The number of benzene rings is 2. The second kappa shape index (κ2) is 12.8. The predicted molar refractivity (Wildman–Crippen MR) is 186 cm³/mol. The fourth-order valence-electron chi connectivity index (χ4n) is 11.0. The van der Waals surface area contributed by atoms with Crippen molar-refractivity contribution in [1.29, 1.82) is 0 Å². The van der Waals surface area contributed by atoms with E-state index in [1.54, 1.807) is 0 Å². The average Bonchev–Trinajstić information content (AvgIpc) is 3.08. The van der Waals surface area contributed by atoms with Gasteiger partial charge in [0.25, 0.3) is 0 Å². The number of carbonyl (C=O) groups is 1. The molecule has 8 rings (SSSR count). The molecule has 2 aromatic carbocycles. The van der Waals surface area contributed by atoms with E-state index in [4.69, 9.17) is 18.9 Å². The first-order valence-electron chi connectivity index (χ1n) is 19.2. The summed E-state index contributed by atoms with van der Waals surface area (Å²) in [6.07, 6.45) is 12.6. The van der Waals surface area contributed by atoms with E-state index < -0.39 is 18.7 Å². The van der Waals surface area contributed by atoms with Gasteiger partial charge in [0.2, 0.25) is 12.6 Å². The summed E-state index contributed by atoms with van der Waals surface area (Å²) < 4.78 is 24.7. The van der Waals surface area contributed by atoms with Gasteiger partial charge < -0.3 is 29.6 Å². The van der Waals surface area contributed by atoms with Crippen LogP contribution in [0.4, 0.5) is 4.79 Å². The van der Waals surface area contributed by atoms with Crippen LogP contribution in [0.15, 0.2) is 36.4 Å². The van der Waals surface area contributed by atoms with Crippen LogP contribution in [0.5, 0.6) is 11.5 Å². The minimum Gasteiger partial charge on any atom is -0.454 e. The molecule has 2 unspecified atom stereocenters. The Bertz CT molecular complexity index is 1390. The summed E-state index contributed by atoms with van der Waals surface area (Å²) in [6, 6.07) is 14.3. The van der Waals surface area contributed by atoms with Crippen molar-refractivity contribution in [2.45, 2.75) is 140 Å². The highest BCUT2D eigenvalue weighted by atomic mass is 16.8. The fourth-order valence-corrected chi connectivity index (χ4v) is 11.0. The zero-order valence-electron chi connectivity index (χ0n) is 29.5. The van der Waals surface area contributed by atoms with Crippen molar-refractivity contribution in [2.24, 2.45) is 23.7 Å². The molecule has 7 heteroatoms. The van der Waals surface area contributed by atoms with Crippen LogP contribution < -0.4 is 20.1 Å². The lowest BCUT2D eigenvalue weighted by molar-refractivity contribution is -0.133. The van der Waals surface area contributed by atoms with Gasteiger partial charge >= 0.3 is 6.16 Å². The largest absolute Gasteiger partial charge is 0.514 e. The summed E-state index contributed by atoms with van der Waals surface area (Å²) in [6.45, 7) is 10.2. The SMILES string of the molecule is CC(C)C(OC(=O)OC(Oc1ccc2c(c1)[C@@]13CCCC[C@@H]1[C@@H](C2)NCC3)C(C)C)Oc1ccc2c(c1)[C@@]13CCCC[C@@H]1[C@@H](C2)NCC3. The molecule has 0 spiro atoms. The van der Waals surface area contributed by atoms with Crippen molar-refractivity contribution in [1.82, 2.24) is 10.6 Å². The number of nitrogens with one attached hydrogen (secondary N) is 2. The van der Waals surface area contributed by atoms with Gasteiger partial charge in [-0.05, 0) is 123 Å². The van der Waals surface area contributed by atoms with E-state index in [-0.39, 0.29) is 22.7 Å². The molecule has 0 radical (unpaired) electrons. The first-order chi connectivity index (χ1) is 23.3. The van der Waals surface area contributed by atoms with E-state index in [9.17, 15) is 4.79 Å². The van der Waals surface area contributed by atoms with Crippen LogP contribution in [-0.4, -0.2) is 43.9 Å². The third-order valence-electron chi connectivity index (χ3n) is 13.3. The van der Waals surface area contributed by atoms with Gasteiger partial charge in [-0.2, -0.15) is 0 Å². The first-order valence-corrected chi connectivity index (χ1v) is 19.2. The van der Waals surface area contributed by atoms with Gasteiger partial charge in [0.15, 0.2) is 0 Å². The second-order valence-corrected chi connectivity index (χ2v) is 16.6. The zero-order valence-corrected chi connectivity index (χ0v) is 29.5. The number of carbonyl (C=O) groups excluding carboxylic acids is 1. The summed E-state index contributed by atoms with van der Waals surface area (Å²) >= 11 is 0. The maximum absolute atomic E-state index is 13.4. The monoisotopic (exact) mass is 656 g/mol. The van der Waals surface area contributed by atoms with Crippen LogP contribution >= 0.6 is 0 Å². The molecule has 4 bridgehead atoms. The van der Waals surface area contributed by atoms with Gasteiger partial charge in [0.05, 0.1) is 0 Å². The Hall–Kier alpha value is -2.77. The number of rotatable bonds is 8. The fraction of sp³-hybridized carbons (Fsp3) is 0.683. The summed E-state index contributed by atoms with van der Waals surface area (Å²) in [5.74, 6) is 2.79. The molecule has 2 saturated carbocycles. The van der Waals surface area contributed by atoms with Crippen LogP contribution in [0.2, 0.25) is 0 Å². The molecule has 7 nitrogen and oxygen atoms in total. The van der Waals surface area contributed by atoms with Gasteiger partial charge in [0.1, 0.15) is 11.5 Å². The zero-order chi connectivity index (χ0) is 33.0. The Kier molecular flexibility index (Phi) is 8.68. The van der Waals surface area contributed by atoms with E-state index in [2.05, 4.69) is 47.0 Å². The van der Waals surface area contributed by atoms with Crippen LogP contribution in [0.3, 0.4) is 0 Å². The summed E-state index contributed by atoms with van der Waals surface area (Å²) in [7, 11) is 0. The average molecular weight is 657 g/mol. The highest BCUT2D eigenvalue weighted by molar-refractivity contribution is 5.60. The Balaban J connectivity index is 0.963. The molecule has 4 fully saturated rings. The maximum Gasteiger partial charge on any atom is 0.514 e. The van der Waals surface area contributed by atoms with E-state index in [1.165, 1.54) is 86.5 Å².